The number of hydrogen-bond donors (Lipinski definition) is 1. The first-order chi connectivity index (χ1) is 9.02. The van der Waals surface area contributed by atoms with Crippen LogP contribution in [0.5, 0.6) is 0 Å². The van der Waals surface area contributed by atoms with E-state index in [0.717, 1.165) is 18.2 Å². The second kappa shape index (κ2) is 6.32. The monoisotopic (exact) mass is 329 g/mol. The Balaban J connectivity index is 2.99. The number of alkyl halides is 4. The predicted molar refractivity (Wildman–Crippen MR) is 71.2 cm³/mol. The molecule has 1 N–H and O–H groups in total. The first-order valence-corrected chi connectivity index (χ1v) is 7.78. The van der Waals surface area contributed by atoms with Crippen molar-refractivity contribution in [3.8, 4) is 0 Å². The molecule has 1 aromatic rings. The molecule has 114 valence electrons. The van der Waals surface area contributed by atoms with Gasteiger partial charge in [-0.1, -0.05) is 6.07 Å². The van der Waals surface area contributed by atoms with Gasteiger partial charge in [0.1, 0.15) is 0 Å². The average molecular weight is 330 g/mol. The van der Waals surface area contributed by atoms with Crippen LogP contribution in [0.3, 0.4) is 0 Å². The van der Waals surface area contributed by atoms with Crippen LogP contribution in [0.25, 0.3) is 0 Å². The minimum atomic E-state index is -4.58. The Morgan fingerprint density at radius 1 is 1.30 bits per heavy atom. The van der Waals surface area contributed by atoms with E-state index in [1.54, 1.807) is 13.8 Å². The molecule has 3 nitrogen and oxygen atoms in total. The molecule has 0 heterocycles. The number of halogens is 4. The zero-order valence-electron chi connectivity index (χ0n) is 10.9. The van der Waals surface area contributed by atoms with Crippen LogP contribution in [-0.2, 0) is 16.2 Å². The van der Waals surface area contributed by atoms with E-state index in [1.807, 2.05) is 0 Å². The maximum Gasteiger partial charge on any atom is 0.416 e. The molecule has 0 radical (unpaired) electrons. The third-order valence-electron chi connectivity index (χ3n) is 2.51. The molecular formula is C12H15ClF3NO2S. The molecule has 0 amide bonds. The summed E-state index contributed by atoms with van der Waals surface area (Å²) in [4.78, 5) is -0.415. The Hall–Kier alpha value is -0.790. The molecule has 1 aromatic carbocycles. The molecular weight excluding hydrogens is 315 g/mol. The first-order valence-electron chi connectivity index (χ1n) is 5.86. The summed E-state index contributed by atoms with van der Waals surface area (Å²) in [6, 6.07) is 3.14. The summed E-state index contributed by atoms with van der Waals surface area (Å²) < 4.78 is 63.9. The average Bonchev–Trinajstić information content (AvgIpc) is 2.26. The van der Waals surface area contributed by atoms with Gasteiger partial charge < -0.3 is 0 Å². The Morgan fingerprint density at radius 3 is 2.40 bits per heavy atom. The van der Waals surface area contributed by atoms with Crippen LogP contribution in [0.4, 0.5) is 13.2 Å². The van der Waals surface area contributed by atoms with E-state index in [1.165, 1.54) is 0 Å². The second-order valence-corrected chi connectivity index (χ2v) is 7.02. The summed E-state index contributed by atoms with van der Waals surface area (Å²) in [5.74, 6) is 0. The number of rotatable bonds is 5. The number of benzene rings is 1. The van der Waals surface area contributed by atoms with E-state index < -0.39 is 32.7 Å². The minimum Gasteiger partial charge on any atom is -0.208 e. The lowest BCUT2D eigenvalue weighted by molar-refractivity contribution is -0.137. The molecule has 0 saturated heterocycles. The molecule has 0 fully saturated rings. The normalized spacial score (nSPS) is 15.9. The zero-order valence-corrected chi connectivity index (χ0v) is 12.5. The second-order valence-electron chi connectivity index (χ2n) is 4.56. The third kappa shape index (κ3) is 4.96. The van der Waals surface area contributed by atoms with Gasteiger partial charge in [0.2, 0.25) is 10.0 Å². The first kappa shape index (κ1) is 17.3. The summed E-state index contributed by atoms with van der Waals surface area (Å²) >= 11 is 5.75. The lowest BCUT2D eigenvalue weighted by Crippen LogP contribution is -2.34. The molecule has 0 aromatic heterocycles. The van der Waals surface area contributed by atoms with Crippen LogP contribution < -0.4 is 4.72 Å². The van der Waals surface area contributed by atoms with E-state index >= 15 is 0 Å². The van der Waals surface area contributed by atoms with Gasteiger partial charge in [0.15, 0.2) is 0 Å². The smallest absolute Gasteiger partial charge is 0.208 e. The van der Waals surface area contributed by atoms with Gasteiger partial charge in [-0.25, -0.2) is 13.1 Å². The van der Waals surface area contributed by atoms with Crippen LogP contribution >= 0.6 is 11.6 Å². The molecule has 0 bridgehead atoms. The maximum absolute atomic E-state index is 12.6. The molecule has 8 heteroatoms. The van der Waals surface area contributed by atoms with E-state index in [9.17, 15) is 21.6 Å². The molecule has 2 atom stereocenters. The minimum absolute atomic E-state index is 0.241. The van der Waals surface area contributed by atoms with Gasteiger partial charge in [-0.3, -0.25) is 0 Å². The summed E-state index contributed by atoms with van der Waals surface area (Å²) in [6.07, 6.45) is -4.21. The van der Waals surface area contributed by atoms with Crippen LogP contribution in [0.15, 0.2) is 29.2 Å². The van der Waals surface area contributed by atoms with Crippen LogP contribution in [0, 0.1) is 0 Å². The summed E-state index contributed by atoms with van der Waals surface area (Å²) in [6.45, 7) is 3.31. The van der Waals surface area contributed by atoms with Crippen molar-refractivity contribution in [2.24, 2.45) is 0 Å². The van der Waals surface area contributed by atoms with E-state index in [4.69, 9.17) is 11.6 Å². The number of nitrogens with one attached hydrogen (secondary N) is 1. The van der Waals surface area contributed by atoms with Gasteiger partial charge in [0.25, 0.3) is 0 Å². The van der Waals surface area contributed by atoms with Crippen molar-refractivity contribution in [2.75, 3.05) is 0 Å². The van der Waals surface area contributed by atoms with Gasteiger partial charge in [-0.05, 0) is 38.5 Å². The SMILES string of the molecule is CC(Cl)CC(C)NS(=O)(=O)c1cccc(C(F)(F)F)c1. The maximum atomic E-state index is 12.6. The fourth-order valence-corrected chi connectivity index (χ4v) is 3.28. The summed E-state index contributed by atoms with van der Waals surface area (Å²) in [7, 11) is -4.00. The van der Waals surface area contributed by atoms with Gasteiger partial charge in [-0.2, -0.15) is 13.2 Å². The molecule has 0 aliphatic rings. The highest BCUT2D eigenvalue weighted by Gasteiger charge is 2.31. The fourth-order valence-electron chi connectivity index (χ4n) is 1.71. The Bertz CT molecular complexity index is 558. The molecule has 1 rings (SSSR count). The summed E-state index contributed by atoms with van der Waals surface area (Å²) in [5, 5.41) is -0.241. The molecule has 0 saturated carbocycles. The molecule has 2 unspecified atom stereocenters. The highest BCUT2D eigenvalue weighted by atomic mass is 35.5. The summed E-state index contributed by atoms with van der Waals surface area (Å²) in [5.41, 5.74) is -1.00. The van der Waals surface area contributed by atoms with Crippen LogP contribution in [-0.4, -0.2) is 19.8 Å². The Kier molecular flexibility index (Phi) is 5.46. The van der Waals surface area contributed by atoms with Gasteiger partial charge in [0.05, 0.1) is 10.5 Å². The lowest BCUT2D eigenvalue weighted by Gasteiger charge is -2.16. The Morgan fingerprint density at radius 2 is 1.90 bits per heavy atom. The predicted octanol–water partition coefficient (Wildman–Crippen LogP) is 3.39. The highest BCUT2D eigenvalue weighted by molar-refractivity contribution is 7.89. The van der Waals surface area contributed by atoms with Gasteiger partial charge >= 0.3 is 6.18 Å². The fraction of sp³-hybridized carbons (Fsp3) is 0.500. The standard InChI is InChI=1S/C12H15ClF3NO2S/c1-8(13)6-9(2)17-20(18,19)11-5-3-4-10(7-11)12(14,15)16/h3-5,7-9,17H,6H2,1-2H3. The Labute approximate surface area is 121 Å². The molecule has 20 heavy (non-hydrogen) atoms. The van der Waals surface area contributed by atoms with Crippen molar-refractivity contribution in [3.63, 3.8) is 0 Å². The number of hydrogen-bond acceptors (Lipinski definition) is 2. The van der Waals surface area contributed by atoms with Crippen molar-refractivity contribution in [2.45, 2.75) is 42.8 Å². The highest BCUT2D eigenvalue weighted by Crippen LogP contribution is 2.30. The largest absolute Gasteiger partial charge is 0.416 e. The quantitative estimate of drug-likeness (QED) is 0.842. The van der Waals surface area contributed by atoms with Gasteiger partial charge in [0, 0.05) is 11.4 Å². The third-order valence-corrected chi connectivity index (χ3v) is 4.27. The van der Waals surface area contributed by atoms with Crippen molar-refractivity contribution in [1.82, 2.24) is 4.72 Å². The van der Waals surface area contributed by atoms with Crippen molar-refractivity contribution in [3.05, 3.63) is 29.8 Å². The number of sulfonamides is 1. The lowest BCUT2D eigenvalue weighted by atomic mass is 10.2. The van der Waals surface area contributed by atoms with E-state index in [0.29, 0.717) is 12.5 Å². The van der Waals surface area contributed by atoms with Crippen molar-refractivity contribution < 1.29 is 21.6 Å². The van der Waals surface area contributed by atoms with Crippen LogP contribution in [0.2, 0.25) is 0 Å². The molecule has 0 aliphatic heterocycles. The van der Waals surface area contributed by atoms with E-state index in [2.05, 4.69) is 4.72 Å². The topological polar surface area (TPSA) is 46.2 Å². The molecule has 0 aliphatic carbocycles. The van der Waals surface area contributed by atoms with Crippen molar-refractivity contribution >= 4 is 21.6 Å². The zero-order chi connectivity index (χ0) is 15.6. The van der Waals surface area contributed by atoms with Crippen molar-refractivity contribution in [1.29, 1.82) is 0 Å². The van der Waals surface area contributed by atoms with Gasteiger partial charge in [-0.15, -0.1) is 11.6 Å². The molecule has 0 spiro atoms. The van der Waals surface area contributed by atoms with Crippen LogP contribution in [0.1, 0.15) is 25.8 Å². The van der Waals surface area contributed by atoms with E-state index in [-0.39, 0.29) is 5.38 Å².